The number of aromatic nitrogens is 1. The Bertz CT molecular complexity index is 981. The second-order valence-corrected chi connectivity index (χ2v) is 6.53. The van der Waals surface area contributed by atoms with E-state index >= 15 is 0 Å². The average Bonchev–Trinajstić information content (AvgIpc) is 2.48. The molecule has 0 saturated heterocycles. The molecule has 1 unspecified atom stereocenters. The fourth-order valence-corrected chi connectivity index (χ4v) is 2.88. The first-order chi connectivity index (χ1) is 11.1. The summed E-state index contributed by atoms with van der Waals surface area (Å²) in [7, 11) is -4.95. The normalized spacial score (nSPS) is 12.8. The third kappa shape index (κ3) is 3.51. The van der Waals surface area contributed by atoms with Crippen molar-refractivity contribution >= 4 is 32.8 Å². The summed E-state index contributed by atoms with van der Waals surface area (Å²) in [6.45, 7) is 2.83. The molecule has 0 spiro atoms. The lowest BCUT2D eigenvalue weighted by atomic mass is 10.1. The average molecular weight is 354 g/mol. The van der Waals surface area contributed by atoms with E-state index in [1.807, 2.05) is 0 Å². The van der Waals surface area contributed by atoms with Crippen molar-refractivity contribution in [3.8, 4) is 0 Å². The Morgan fingerprint density at radius 3 is 2.50 bits per heavy atom. The van der Waals surface area contributed by atoms with Gasteiger partial charge in [0.25, 0.3) is 5.56 Å². The van der Waals surface area contributed by atoms with Crippen molar-refractivity contribution in [3.63, 3.8) is 0 Å². The number of fused-ring (bicyclic) bond motifs is 1. The highest BCUT2D eigenvalue weighted by Gasteiger charge is 2.22. The van der Waals surface area contributed by atoms with Gasteiger partial charge >= 0.3 is 10.2 Å². The van der Waals surface area contributed by atoms with Crippen LogP contribution >= 0.6 is 0 Å². The highest BCUT2D eigenvalue weighted by atomic mass is 32.3. The number of imide groups is 1. The Labute approximate surface area is 137 Å². The fourth-order valence-electron chi connectivity index (χ4n) is 2.40. The number of nitrogens with zero attached hydrogens (tertiary/aromatic N) is 1. The number of amides is 2. The van der Waals surface area contributed by atoms with Gasteiger partial charge in [-0.25, -0.2) is 0 Å². The number of pyridine rings is 1. The molecular formula is C15H15FN2O5S. The van der Waals surface area contributed by atoms with Gasteiger partial charge < -0.3 is 4.57 Å². The molecule has 0 aliphatic carbocycles. The van der Waals surface area contributed by atoms with Gasteiger partial charge in [0.1, 0.15) is 6.04 Å². The molecule has 0 fully saturated rings. The van der Waals surface area contributed by atoms with Crippen LogP contribution in [0.25, 0.3) is 10.8 Å². The van der Waals surface area contributed by atoms with Crippen LogP contribution in [-0.2, 0) is 19.8 Å². The molecule has 0 bridgehead atoms. The number of nitrogens with one attached hydrogen (secondary N) is 1. The van der Waals surface area contributed by atoms with E-state index in [1.165, 1.54) is 25.3 Å². The number of benzene rings is 1. The summed E-state index contributed by atoms with van der Waals surface area (Å²) in [4.78, 5) is 35.0. The first-order valence-corrected chi connectivity index (χ1v) is 8.44. The van der Waals surface area contributed by atoms with Crippen LogP contribution in [0.5, 0.6) is 0 Å². The molecule has 7 nitrogen and oxygen atoms in total. The van der Waals surface area contributed by atoms with Crippen LogP contribution in [0.15, 0.2) is 40.2 Å². The molecule has 128 valence electrons. The van der Waals surface area contributed by atoms with E-state index in [9.17, 15) is 26.7 Å². The van der Waals surface area contributed by atoms with Crippen molar-refractivity contribution in [1.82, 2.24) is 9.88 Å². The zero-order valence-electron chi connectivity index (χ0n) is 12.9. The Kier molecular flexibility index (Phi) is 4.83. The maximum atomic E-state index is 13.1. The minimum atomic E-state index is -4.95. The van der Waals surface area contributed by atoms with Gasteiger partial charge in [0.05, 0.1) is 4.90 Å². The molecule has 1 N–H and O–H groups in total. The zero-order chi connectivity index (χ0) is 18.1. The molecule has 0 saturated carbocycles. The Hall–Kier alpha value is -2.55. The molecule has 2 amide bonds. The van der Waals surface area contributed by atoms with Crippen molar-refractivity contribution < 1.29 is 21.9 Å². The van der Waals surface area contributed by atoms with E-state index in [-0.39, 0.29) is 11.8 Å². The summed E-state index contributed by atoms with van der Waals surface area (Å²) >= 11 is 0. The highest BCUT2D eigenvalue weighted by Crippen LogP contribution is 2.19. The van der Waals surface area contributed by atoms with Gasteiger partial charge in [0, 0.05) is 18.5 Å². The lowest BCUT2D eigenvalue weighted by Gasteiger charge is -2.17. The van der Waals surface area contributed by atoms with Crippen LogP contribution in [0.4, 0.5) is 3.89 Å². The van der Waals surface area contributed by atoms with Crippen molar-refractivity contribution in [2.45, 2.75) is 31.2 Å². The number of carbonyl (C=O) groups is 2. The number of halogens is 1. The predicted octanol–water partition coefficient (Wildman–Crippen LogP) is 1.27. The second kappa shape index (κ2) is 6.52. The van der Waals surface area contributed by atoms with Gasteiger partial charge in [-0.2, -0.15) is 8.42 Å². The van der Waals surface area contributed by atoms with E-state index in [1.54, 1.807) is 6.92 Å². The van der Waals surface area contributed by atoms with Crippen LogP contribution in [-0.4, -0.2) is 24.8 Å². The van der Waals surface area contributed by atoms with Crippen molar-refractivity contribution in [3.05, 3.63) is 40.8 Å². The molecule has 1 atom stereocenters. The van der Waals surface area contributed by atoms with Crippen LogP contribution in [0.3, 0.4) is 0 Å². The van der Waals surface area contributed by atoms with E-state index in [0.717, 1.165) is 16.7 Å². The Balaban J connectivity index is 2.63. The first-order valence-electron chi connectivity index (χ1n) is 7.06. The molecule has 9 heteroatoms. The third-order valence-electron chi connectivity index (χ3n) is 3.51. The maximum Gasteiger partial charge on any atom is 0.332 e. The molecule has 0 aliphatic rings. The Morgan fingerprint density at radius 1 is 1.29 bits per heavy atom. The lowest BCUT2D eigenvalue weighted by molar-refractivity contribution is -0.131. The van der Waals surface area contributed by atoms with Crippen LogP contribution in [0.1, 0.15) is 26.3 Å². The largest absolute Gasteiger partial charge is 0.332 e. The third-order valence-corrected chi connectivity index (χ3v) is 4.33. The molecule has 1 aromatic heterocycles. The zero-order valence-corrected chi connectivity index (χ0v) is 13.8. The number of hydrogen-bond donors (Lipinski definition) is 1. The van der Waals surface area contributed by atoms with Crippen LogP contribution in [0.2, 0.25) is 0 Å². The molecule has 0 aliphatic heterocycles. The summed E-state index contributed by atoms with van der Waals surface area (Å²) in [6, 6.07) is 3.86. The number of rotatable bonds is 4. The molecule has 0 radical (unpaired) electrons. The molecule has 1 aromatic carbocycles. The topological polar surface area (TPSA) is 102 Å². The summed E-state index contributed by atoms with van der Waals surface area (Å²) in [5.74, 6) is -1.21. The summed E-state index contributed by atoms with van der Waals surface area (Å²) < 4.78 is 36.3. The monoisotopic (exact) mass is 354 g/mol. The smallest absolute Gasteiger partial charge is 0.302 e. The summed E-state index contributed by atoms with van der Waals surface area (Å²) in [5, 5.41) is 2.48. The molecule has 2 rings (SSSR count). The SMILES string of the molecule is CCC(C(=O)NC(C)=O)n1ccc2ccc(S(=O)(=O)F)cc2c1=O. The highest BCUT2D eigenvalue weighted by molar-refractivity contribution is 7.86. The minimum Gasteiger partial charge on any atom is -0.302 e. The van der Waals surface area contributed by atoms with Crippen LogP contribution < -0.4 is 10.9 Å². The quantitative estimate of drug-likeness (QED) is 0.833. The van der Waals surface area contributed by atoms with Crippen LogP contribution in [0, 0.1) is 0 Å². The van der Waals surface area contributed by atoms with Gasteiger partial charge in [-0.1, -0.05) is 13.0 Å². The first kappa shape index (κ1) is 17.8. The van der Waals surface area contributed by atoms with Gasteiger partial charge in [0.15, 0.2) is 0 Å². The van der Waals surface area contributed by atoms with Gasteiger partial charge in [0.2, 0.25) is 11.8 Å². The standard InChI is InChI=1S/C15H15FN2O5S/c1-3-13(14(20)17-9(2)19)18-7-6-10-4-5-11(24(16,22)23)8-12(10)15(18)21/h4-8,13H,3H2,1-2H3,(H,17,19,20). The second-order valence-electron chi connectivity index (χ2n) is 5.18. The van der Waals surface area contributed by atoms with E-state index in [2.05, 4.69) is 5.32 Å². The number of carbonyl (C=O) groups excluding carboxylic acids is 2. The van der Waals surface area contributed by atoms with E-state index in [0.29, 0.717) is 5.39 Å². The molecule has 2 aromatic rings. The number of hydrogen-bond acceptors (Lipinski definition) is 5. The Morgan fingerprint density at radius 2 is 1.96 bits per heavy atom. The van der Waals surface area contributed by atoms with Gasteiger partial charge in [-0.15, -0.1) is 3.89 Å². The summed E-state index contributed by atoms with van der Waals surface area (Å²) in [5.41, 5.74) is -0.649. The maximum absolute atomic E-state index is 13.1. The predicted molar refractivity (Wildman–Crippen MR) is 84.7 cm³/mol. The fraction of sp³-hybridized carbons (Fsp3) is 0.267. The minimum absolute atomic E-state index is 0.0368. The molecule has 1 heterocycles. The van der Waals surface area contributed by atoms with Crippen molar-refractivity contribution in [1.29, 1.82) is 0 Å². The van der Waals surface area contributed by atoms with Gasteiger partial charge in [-0.05, 0) is 30.0 Å². The molecular weight excluding hydrogens is 339 g/mol. The van der Waals surface area contributed by atoms with Crippen molar-refractivity contribution in [2.24, 2.45) is 0 Å². The molecule has 24 heavy (non-hydrogen) atoms. The van der Waals surface area contributed by atoms with E-state index < -0.39 is 38.5 Å². The lowest BCUT2D eigenvalue weighted by Crippen LogP contribution is -2.38. The van der Waals surface area contributed by atoms with Gasteiger partial charge in [-0.3, -0.25) is 19.7 Å². The summed E-state index contributed by atoms with van der Waals surface area (Å²) in [6.07, 6.45) is 1.60. The van der Waals surface area contributed by atoms with Crippen molar-refractivity contribution in [2.75, 3.05) is 0 Å². The van der Waals surface area contributed by atoms with E-state index in [4.69, 9.17) is 0 Å².